The van der Waals surface area contributed by atoms with E-state index in [1.165, 1.54) is 16.7 Å². The number of hydrogen-bond acceptors (Lipinski definition) is 4. The molecule has 9 heteroatoms. The van der Waals surface area contributed by atoms with Crippen LogP contribution >= 0.6 is 0 Å². The molecule has 2 fully saturated rings. The molecular weight excluding hydrogens is 482 g/mol. The van der Waals surface area contributed by atoms with E-state index >= 15 is 0 Å². The van der Waals surface area contributed by atoms with Crippen LogP contribution in [0.25, 0.3) is 4.85 Å². The summed E-state index contributed by atoms with van der Waals surface area (Å²) < 4.78 is 0. The lowest BCUT2D eigenvalue weighted by molar-refractivity contribution is -0.148. The molecule has 2 heterocycles. The number of fused-ring (bicyclic) bond motifs is 2. The van der Waals surface area contributed by atoms with Crippen molar-refractivity contribution in [3.63, 3.8) is 0 Å². The number of carbonyl (C=O) groups excluding carboxylic acids is 4. The Kier molecular flexibility index (Phi) is 8.10. The molecular formula is C29H39N5O4. The predicted octanol–water partition coefficient (Wildman–Crippen LogP) is 3.31. The van der Waals surface area contributed by atoms with E-state index in [2.05, 4.69) is 15.5 Å². The number of nitrogens with zero attached hydrogens (tertiary/aromatic N) is 3. The van der Waals surface area contributed by atoms with E-state index in [9.17, 15) is 19.2 Å². The van der Waals surface area contributed by atoms with Gasteiger partial charge in [0.15, 0.2) is 0 Å². The summed E-state index contributed by atoms with van der Waals surface area (Å²) >= 11 is 0. The van der Waals surface area contributed by atoms with Gasteiger partial charge in [0.25, 0.3) is 5.91 Å². The topological polar surface area (TPSA) is 103 Å². The minimum Gasteiger partial charge on any atom is -0.344 e. The first-order valence-corrected chi connectivity index (χ1v) is 13.7. The number of anilines is 1. The molecule has 1 saturated carbocycles. The fraction of sp³-hybridized carbons (Fsp3) is 0.621. The molecule has 1 aliphatic carbocycles. The molecule has 2 N–H and O–H groups in total. The number of likely N-dealkylation sites (N-methyl/N-ethyl adjacent to an activating group) is 1. The van der Waals surface area contributed by atoms with Crippen LogP contribution in [0.2, 0.25) is 0 Å². The monoisotopic (exact) mass is 521 g/mol. The molecule has 1 spiro atoms. The van der Waals surface area contributed by atoms with Crippen LogP contribution in [0.3, 0.4) is 0 Å². The van der Waals surface area contributed by atoms with E-state index in [0.717, 1.165) is 37.7 Å². The lowest BCUT2D eigenvalue weighted by Crippen LogP contribution is -2.57. The number of likely N-dealkylation sites (tertiary alicyclic amines) is 1. The van der Waals surface area contributed by atoms with Crippen molar-refractivity contribution in [2.24, 2.45) is 11.8 Å². The second kappa shape index (κ2) is 11.1. The maximum Gasteiger partial charge on any atom is 0.302 e. The molecule has 0 bridgehead atoms. The minimum absolute atomic E-state index is 0.0298. The number of benzene rings is 1. The maximum absolute atomic E-state index is 14.1. The predicted molar refractivity (Wildman–Crippen MR) is 144 cm³/mol. The Morgan fingerprint density at radius 3 is 2.53 bits per heavy atom. The van der Waals surface area contributed by atoms with Crippen molar-refractivity contribution in [1.29, 1.82) is 0 Å². The number of carbonyl (C=O) groups is 4. The highest BCUT2D eigenvalue weighted by Crippen LogP contribution is 2.47. The third-order valence-electron chi connectivity index (χ3n) is 8.43. The van der Waals surface area contributed by atoms with Crippen molar-refractivity contribution in [3.05, 3.63) is 41.2 Å². The first kappa shape index (κ1) is 27.6. The fourth-order valence-corrected chi connectivity index (χ4v) is 6.46. The van der Waals surface area contributed by atoms with Gasteiger partial charge in [0.05, 0.1) is 6.42 Å². The van der Waals surface area contributed by atoms with E-state index in [1.807, 2.05) is 38.1 Å². The lowest BCUT2D eigenvalue weighted by Gasteiger charge is -2.37. The maximum atomic E-state index is 14.1. The van der Waals surface area contributed by atoms with Crippen LogP contribution in [0, 0.1) is 18.4 Å². The van der Waals surface area contributed by atoms with Crippen molar-refractivity contribution < 1.29 is 19.2 Å². The Morgan fingerprint density at radius 2 is 1.89 bits per heavy atom. The minimum atomic E-state index is -0.979. The van der Waals surface area contributed by atoms with E-state index in [4.69, 9.17) is 6.57 Å². The Hall–Kier alpha value is -3.41. The summed E-state index contributed by atoms with van der Waals surface area (Å²) in [5.74, 6) is -0.933. The normalized spacial score (nSPS) is 24.5. The van der Waals surface area contributed by atoms with Gasteiger partial charge in [-0.1, -0.05) is 51.3 Å². The van der Waals surface area contributed by atoms with E-state index < -0.39 is 23.7 Å². The molecule has 1 aromatic rings. The summed E-state index contributed by atoms with van der Waals surface area (Å²) in [6.07, 6.45) is 4.68. The highest BCUT2D eigenvalue weighted by atomic mass is 16.2. The van der Waals surface area contributed by atoms with Crippen molar-refractivity contribution in [1.82, 2.24) is 15.1 Å². The molecule has 1 aromatic carbocycles. The number of rotatable bonds is 7. The summed E-state index contributed by atoms with van der Waals surface area (Å²) in [6.45, 7) is 13.3. The van der Waals surface area contributed by atoms with Gasteiger partial charge in [0.1, 0.15) is 17.5 Å². The Balaban J connectivity index is 1.62. The zero-order chi connectivity index (χ0) is 27.6. The Morgan fingerprint density at radius 1 is 1.21 bits per heavy atom. The molecule has 4 atom stereocenters. The van der Waals surface area contributed by atoms with Crippen molar-refractivity contribution in [3.8, 4) is 0 Å². The van der Waals surface area contributed by atoms with Gasteiger partial charge in [-0.3, -0.25) is 28.9 Å². The van der Waals surface area contributed by atoms with Crippen molar-refractivity contribution in [2.75, 3.05) is 18.9 Å². The highest BCUT2D eigenvalue weighted by molar-refractivity contribution is 6.07. The zero-order valence-electron chi connectivity index (χ0n) is 22.8. The third kappa shape index (κ3) is 5.13. The SMILES string of the molecule is [C-]#[N+][C@@H]1C[C@@]2(CN1C(=O)[C@H](CC(C)C)N(C)C(=O)[C@@H](NC(C)=O)C1CCCCC1)C(=O)Nc1ccccc12. The molecule has 4 amide bonds. The van der Waals surface area contributed by atoms with Gasteiger partial charge in [-0.2, -0.15) is 0 Å². The Labute approximate surface area is 225 Å². The molecule has 4 rings (SSSR count). The van der Waals surface area contributed by atoms with Gasteiger partial charge in [-0.05, 0) is 42.7 Å². The first-order chi connectivity index (χ1) is 18.1. The molecule has 1 saturated heterocycles. The molecule has 204 valence electrons. The summed E-state index contributed by atoms with van der Waals surface area (Å²) in [6, 6.07) is 5.93. The van der Waals surface area contributed by atoms with Gasteiger partial charge >= 0.3 is 6.17 Å². The Bertz CT molecular complexity index is 1140. The fourth-order valence-electron chi connectivity index (χ4n) is 6.46. The second-order valence-electron chi connectivity index (χ2n) is 11.5. The molecule has 2 aliphatic heterocycles. The van der Waals surface area contributed by atoms with Crippen molar-refractivity contribution >= 4 is 29.3 Å². The largest absolute Gasteiger partial charge is 0.344 e. The molecule has 38 heavy (non-hydrogen) atoms. The number of para-hydroxylation sites is 1. The quantitative estimate of drug-likeness (QED) is 0.538. The zero-order valence-corrected chi connectivity index (χ0v) is 22.8. The van der Waals surface area contributed by atoms with Crippen LogP contribution < -0.4 is 10.6 Å². The number of hydrogen-bond donors (Lipinski definition) is 2. The molecule has 3 aliphatic rings. The molecule has 0 aromatic heterocycles. The van der Waals surface area contributed by atoms with Crippen LogP contribution in [-0.4, -0.2) is 65.3 Å². The average Bonchev–Trinajstić information content (AvgIpc) is 3.43. The molecule has 0 unspecified atom stereocenters. The van der Waals surface area contributed by atoms with E-state index in [1.54, 1.807) is 7.05 Å². The van der Waals surface area contributed by atoms with Gasteiger partial charge in [0, 0.05) is 26.2 Å². The highest BCUT2D eigenvalue weighted by Gasteiger charge is 2.59. The van der Waals surface area contributed by atoms with Gasteiger partial charge < -0.3 is 15.5 Å². The number of nitrogens with one attached hydrogen (secondary N) is 2. The molecule has 9 nitrogen and oxygen atoms in total. The van der Waals surface area contributed by atoms with Crippen molar-refractivity contribution in [2.45, 2.75) is 89.4 Å². The first-order valence-electron chi connectivity index (χ1n) is 13.7. The smallest absolute Gasteiger partial charge is 0.302 e. The summed E-state index contributed by atoms with van der Waals surface area (Å²) in [4.78, 5) is 59.9. The van der Waals surface area contributed by atoms with Gasteiger partial charge in [-0.25, -0.2) is 6.57 Å². The van der Waals surface area contributed by atoms with Crippen LogP contribution in [-0.2, 0) is 24.6 Å². The second-order valence-corrected chi connectivity index (χ2v) is 11.5. The molecule has 0 radical (unpaired) electrons. The van der Waals surface area contributed by atoms with Crippen LogP contribution in [0.1, 0.15) is 71.3 Å². The third-order valence-corrected chi connectivity index (χ3v) is 8.43. The number of amides is 4. The summed E-state index contributed by atoms with van der Waals surface area (Å²) in [5.41, 5.74) is 0.543. The average molecular weight is 522 g/mol. The van der Waals surface area contributed by atoms with Gasteiger partial charge in [-0.15, -0.1) is 0 Å². The van der Waals surface area contributed by atoms with Gasteiger partial charge in [0.2, 0.25) is 17.7 Å². The standard InChI is InChI=1S/C29H39N5O4/c1-18(2)15-23(33(5)27(37)25(31-19(3)35)20-11-7-6-8-12-20)26(36)34-17-29(16-24(34)30-4)21-13-9-10-14-22(21)32-28(29)38/h9-10,13-14,18,20,23-25H,6-8,11-12,15-17H2,1-3,5H3,(H,31,35)(H,32,38)/t23-,24-,25-,29-/m0/s1. The van der Waals surface area contributed by atoms with Crippen LogP contribution in [0.4, 0.5) is 5.69 Å². The van der Waals surface area contributed by atoms with E-state index in [-0.39, 0.29) is 48.4 Å². The lowest BCUT2D eigenvalue weighted by atomic mass is 9.80. The summed E-state index contributed by atoms with van der Waals surface area (Å²) in [7, 11) is 1.63. The van der Waals surface area contributed by atoms with E-state index in [0.29, 0.717) is 12.1 Å². The summed E-state index contributed by atoms with van der Waals surface area (Å²) in [5, 5.41) is 5.79. The van der Waals surface area contributed by atoms with Crippen LogP contribution in [0.5, 0.6) is 0 Å². The van der Waals surface area contributed by atoms with Crippen LogP contribution in [0.15, 0.2) is 24.3 Å².